The van der Waals surface area contributed by atoms with Crippen molar-refractivity contribution in [1.29, 1.82) is 0 Å². The maximum Gasteiger partial charge on any atom is 0.305 e. The van der Waals surface area contributed by atoms with E-state index in [1.54, 1.807) is 14.0 Å². The van der Waals surface area contributed by atoms with Gasteiger partial charge in [-0.2, -0.15) is 0 Å². The van der Waals surface area contributed by atoms with Gasteiger partial charge in [-0.1, -0.05) is 11.3 Å². The van der Waals surface area contributed by atoms with Gasteiger partial charge in [-0.05, 0) is 13.3 Å². The van der Waals surface area contributed by atoms with E-state index in [0.29, 0.717) is 36.6 Å². The molecule has 0 unspecified atom stereocenters. The van der Waals surface area contributed by atoms with Crippen LogP contribution in [0.1, 0.15) is 12.1 Å². The average Bonchev–Trinajstić information content (AvgIpc) is 2.58. The van der Waals surface area contributed by atoms with Crippen molar-refractivity contribution in [3.05, 3.63) is 15.4 Å². The van der Waals surface area contributed by atoms with Gasteiger partial charge in [0.05, 0.1) is 0 Å². The first kappa shape index (κ1) is 14.4. The lowest BCUT2D eigenvalue weighted by atomic mass is 10.5. The smallest absolute Gasteiger partial charge is 0.305 e. The monoisotopic (exact) mass is 280 g/mol. The van der Waals surface area contributed by atoms with Crippen LogP contribution in [0, 0.1) is 6.92 Å². The molecule has 8 heteroatoms. The molecule has 0 atom stereocenters. The van der Waals surface area contributed by atoms with Crippen molar-refractivity contribution in [3.8, 4) is 0 Å². The second-order valence-electron chi connectivity index (χ2n) is 3.60. The number of nitrogens with zero attached hydrogens (tertiary/aromatic N) is 1. The first-order valence-corrected chi connectivity index (χ1v) is 7.30. The van der Waals surface area contributed by atoms with E-state index < -0.39 is 10.0 Å². The average molecular weight is 280 g/mol. The molecule has 0 aromatic carbocycles. The predicted octanol–water partition coefficient (Wildman–Crippen LogP) is 0.402. The van der Waals surface area contributed by atoms with Crippen LogP contribution in [0.2, 0.25) is 0 Å². The summed E-state index contributed by atoms with van der Waals surface area (Å²) in [7, 11) is -0.504. The number of hydrogen-bond acceptors (Lipinski definition) is 5. The van der Waals surface area contributed by atoms with Gasteiger partial charge in [-0.15, -0.1) is 0 Å². The standard InChI is InChI=1S/C9H16N2O4S2/c1-7-8(16-9(12)10-7)17(13,14)11(2)5-4-6-15-3/h4-6H2,1-3H3,(H,10,12). The molecule has 1 aromatic heterocycles. The van der Waals surface area contributed by atoms with Gasteiger partial charge >= 0.3 is 4.87 Å². The molecule has 1 rings (SSSR count). The third-order valence-electron chi connectivity index (χ3n) is 2.25. The van der Waals surface area contributed by atoms with Crippen LogP contribution in [0.25, 0.3) is 0 Å². The van der Waals surface area contributed by atoms with Gasteiger partial charge in [-0.25, -0.2) is 12.7 Å². The molecule has 0 fully saturated rings. The van der Waals surface area contributed by atoms with Crippen LogP contribution in [0.5, 0.6) is 0 Å². The molecule has 17 heavy (non-hydrogen) atoms. The van der Waals surface area contributed by atoms with E-state index in [9.17, 15) is 13.2 Å². The number of sulfonamides is 1. The molecule has 0 spiro atoms. The van der Waals surface area contributed by atoms with Crippen LogP contribution < -0.4 is 4.87 Å². The Labute approximate surface area is 104 Å². The Kier molecular flexibility index (Phi) is 4.87. The highest BCUT2D eigenvalue weighted by molar-refractivity contribution is 7.91. The lowest BCUT2D eigenvalue weighted by molar-refractivity contribution is 0.189. The van der Waals surface area contributed by atoms with Gasteiger partial charge in [-0.3, -0.25) is 4.79 Å². The number of rotatable bonds is 6. The molecular formula is C9H16N2O4S2. The molecule has 0 aliphatic heterocycles. The summed E-state index contributed by atoms with van der Waals surface area (Å²) >= 11 is 0.717. The minimum Gasteiger partial charge on any atom is -0.385 e. The summed E-state index contributed by atoms with van der Waals surface area (Å²) in [6, 6.07) is 0. The topological polar surface area (TPSA) is 79.5 Å². The van der Waals surface area contributed by atoms with E-state index in [-0.39, 0.29) is 9.08 Å². The van der Waals surface area contributed by atoms with E-state index in [4.69, 9.17) is 4.74 Å². The Bertz CT molecular complexity index is 517. The van der Waals surface area contributed by atoms with E-state index >= 15 is 0 Å². The van der Waals surface area contributed by atoms with Gasteiger partial charge < -0.3 is 9.72 Å². The number of aromatic amines is 1. The Morgan fingerprint density at radius 1 is 1.47 bits per heavy atom. The highest BCUT2D eigenvalue weighted by Crippen LogP contribution is 2.19. The number of methoxy groups -OCH3 is 1. The zero-order valence-electron chi connectivity index (χ0n) is 10.0. The van der Waals surface area contributed by atoms with Crippen molar-refractivity contribution in [3.63, 3.8) is 0 Å². The molecule has 0 amide bonds. The number of aromatic nitrogens is 1. The normalized spacial score (nSPS) is 12.2. The van der Waals surface area contributed by atoms with E-state index in [0.717, 1.165) is 0 Å². The largest absolute Gasteiger partial charge is 0.385 e. The highest BCUT2D eigenvalue weighted by Gasteiger charge is 2.25. The number of aryl methyl sites for hydroxylation is 1. The molecule has 1 heterocycles. The van der Waals surface area contributed by atoms with Crippen LogP contribution in [0.4, 0.5) is 0 Å². The third kappa shape index (κ3) is 3.38. The van der Waals surface area contributed by atoms with Crippen molar-refractivity contribution in [2.75, 3.05) is 27.3 Å². The molecular weight excluding hydrogens is 264 g/mol. The van der Waals surface area contributed by atoms with Crippen molar-refractivity contribution in [1.82, 2.24) is 9.29 Å². The van der Waals surface area contributed by atoms with E-state index in [1.807, 2.05) is 0 Å². The van der Waals surface area contributed by atoms with Crippen molar-refractivity contribution in [2.45, 2.75) is 17.6 Å². The summed E-state index contributed by atoms with van der Waals surface area (Å²) in [4.78, 5) is 13.2. The molecule has 0 saturated heterocycles. The highest BCUT2D eigenvalue weighted by atomic mass is 32.2. The Hall–Kier alpha value is -0.700. The van der Waals surface area contributed by atoms with Crippen molar-refractivity contribution < 1.29 is 13.2 Å². The summed E-state index contributed by atoms with van der Waals surface area (Å²) in [5.74, 6) is 0. The Balaban J connectivity index is 2.88. The second kappa shape index (κ2) is 5.76. The van der Waals surface area contributed by atoms with Crippen LogP contribution in [-0.2, 0) is 14.8 Å². The maximum absolute atomic E-state index is 12.1. The predicted molar refractivity (Wildman–Crippen MR) is 66.0 cm³/mol. The molecule has 0 saturated carbocycles. The fraction of sp³-hybridized carbons (Fsp3) is 0.667. The zero-order chi connectivity index (χ0) is 13.1. The van der Waals surface area contributed by atoms with Crippen LogP contribution >= 0.6 is 11.3 Å². The fourth-order valence-corrected chi connectivity index (χ4v) is 4.03. The zero-order valence-corrected chi connectivity index (χ0v) is 11.7. The molecule has 1 aromatic rings. The summed E-state index contributed by atoms with van der Waals surface area (Å²) in [5, 5.41) is 0. The van der Waals surface area contributed by atoms with Crippen molar-refractivity contribution in [2.24, 2.45) is 0 Å². The van der Waals surface area contributed by atoms with Gasteiger partial charge in [0.1, 0.15) is 0 Å². The summed E-state index contributed by atoms with van der Waals surface area (Å²) in [6.45, 7) is 2.44. The number of H-pyrrole nitrogens is 1. The molecule has 0 bridgehead atoms. The van der Waals surface area contributed by atoms with Crippen LogP contribution in [0.3, 0.4) is 0 Å². The summed E-state index contributed by atoms with van der Waals surface area (Å²) in [5.41, 5.74) is 0.388. The van der Waals surface area contributed by atoms with Gasteiger partial charge in [0, 0.05) is 33.0 Å². The van der Waals surface area contributed by atoms with Crippen LogP contribution in [-0.4, -0.2) is 45.0 Å². The number of ether oxygens (including phenoxy) is 1. The minimum atomic E-state index is -3.56. The SMILES string of the molecule is COCCCN(C)S(=O)(=O)c1sc(=O)[nH]c1C. The van der Waals surface area contributed by atoms with E-state index in [1.165, 1.54) is 11.4 Å². The van der Waals surface area contributed by atoms with E-state index in [2.05, 4.69) is 4.98 Å². The van der Waals surface area contributed by atoms with Crippen LogP contribution in [0.15, 0.2) is 9.00 Å². The summed E-state index contributed by atoms with van der Waals surface area (Å²) in [6.07, 6.45) is 0.616. The van der Waals surface area contributed by atoms with Gasteiger partial charge in [0.25, 0.3) is 10.0 Å². The molecule has 1 N–H and O–H groups in total. The molecule has 0 radical (unpaired) electrons. The molecule has 6 nitrogen and oxygen atoms in total. The lowest BCUT2D eigenvalue weighted by Gasteiger charge is -2.15. The first-order valence-electron chi connectivity index (χ1n) is 5.04. The number of hydrogen-bond donors (Lipinski definition) is 1. The molecule has 0 aliphatic rings. The Morgan fingerprint density at radius 3 is 2.59 bits per heavy atom. The molecule has 98 valence electrons. The van der Waals surface area contributed by atoms with Crippen molar-refractivity contribution >= 4 is 21.4 Å². The van der Waals surface area contributed by atoms with Gasteiger partial charge in [0.15, 0.2) is 4.21 Å². The van der Waals surface area contributed by atoms with Gasteiger partial charge in [0.2, 0.25) is 0 Å². The number of nitrogens with one attached hydrogen (secondary N) is 1. The first-order chi connectivity index (χ1) is 7.89. The lowest BCUT2D eigenvalue weighted by Crippen LogP contribution is -2.28. The Morgan fingerprint density at radius 2 is 2.12 bits per heavy atom. The number of thiazole rings is 1. The summed E-state index contributed by atoms with van der Waals surface area (Å²) < 4.78 is 30.4. The second-order valence-corrected chi connectivity index (χ2v) is 6.82. The molecule has 0 aliphatic carbocycles. The fourth-order valence-electron chi connectivity index (χ4n) is 1.33. The quantitative estimate of drug-likeness (QED) is 0.765. The minimum absolute atomic E-state index is 0.0856. The maximum atomic E-state index is 12.1. The third-order valence-corrected chi connectivity index (χ3v) is 5.69.